The first kappa shape index (κ1) is 34.7. The molecule has 9 rings (SSSR count). The zero-order valence-electron chi connectivity index (χ0n) is 31.3. The number of rotatable bonds is 8. The highest BCUT2D eigenvalue weighted by Crippen LogP contribution is 2.42. The van der Waals surface area contributed by atoms with Crippen LogP contribution in [0.25, 0.3) is 32.9 Å². The lowest BCUT2D eigenvalue weighted by atomic mass is 9.95. The molecule has 0 radical (unpaired) electrons. The largest absolute Gasteiger partial charge is 0.489 e. The van der Waals surface area contributed by atoms with Gasteiger partial charge < -0.3 is 19.1 Å². The summed E-state index contributed by atoms with van der Waals surface area (Å²) in [6.07, 6.45) is 7.55. The molecule has 4 aliphatic heterocycles. The number of hydrogen-bond acceptors (Lipinski definition) is 9. The number of pyridine rings is 1. The third-order valence-corrected chi connectivity index (χ3v) is 11.6. The molecule has 0 saturated carbocycles. The standard InChI is InChI=1S/C43H47FN6O4/c1-42(2,3)54-41(51)50-30-15-16-31(50)25-48(24-30)39-35-23-45-37(36(44)38(35)46-40(47-39)53-27-43-17-9-19-49(43)20-10-18-43)34-22-32(21-29-13-7-8-14-33(29)34)52-26-28-11-5-4-6-12-28/h4-8,11-14,21-23,30-31H,9-10,15-20,24-27H2,1-3H3. The number of piperazine rings is 1. The third-order valence-electron chi connectivity index (χ3n) is 11.6. The molecule has 2 bridgehead atoms. The number of carbonyl (C=O) groups is 1. The fourth-order valence-electron chi connectivity index (χ4n) is 9.17. The average Bonchev–Trinajstić information content (AvgIpc) is 3.83. The van der Waals surface area contributed by atoms with E-state index >= 15 is 4.39 Å². The molecule has 0 aliphatic carbocycles. The van der Waals surface area contributed by atoms with Gasteiger partial charge in [-0.3, -0.25) is 14.8 Å². The van der Waals surface area contributed by atoms with E-state index in [0.717, 1.165) is 68.0 Å². The molecule has 4 saturated heterocycles. The third kappa shape index (κ3) is 6.46. The van der Waals surface area contributed by atoms with Crippen molar-refractivity contribution in [3.05, 3.63) is 84.3 Å². The van der Waals surface area contributed by atoms with E-state index in [1.807, 2.05) is 92.4 Å². The van der Waals surface area contributed by atoms with Crippen LogP contribution in [0.2, 0.25) is 0 Å². The van der Waals surface area contributed by atoms with Crippen molar-refractivity contribution in [3.63, 3.8) is 0 Å². The number of nitrogens with zero attached hydrogens (tertiary/aromatic N) is 6. The van der Waals surface area contributed by atoms with Gasteiger partial charge in [-0.1, -0.05) is 54.6 Å². The molecule has 0 N–H and O–H groups in total. The Bertz CT molecular complexity index is 2190. The van der Waals surface area contributed by atoms with Crippen LogP contribution >= 0.6 is 0 Å². The Morgan fingerprint density at radius 3 is 2.37 bits per heavy atom. The second-order valence-electron chi connectivity index (χ2n) is 16.4. The van der Waals surface area contributed by atoms with E-state index in [4.69, 9.17) is 29.2 Å². The maximum Gasteiger partial charge on any atom is 0.410 e. The summed E-state index contributed by atoms with van der Waals surface area (Å²) in [5.74, 6) is 0.658. The molecule has 6 heterocycles. The number of fused-ring (bicyclic) bond motifs is 5. The zero-order chi connectivity index (χ0) is 37.0. The highest BCUT2D eigenvalue weighted by atomic mass is 19.1. The second-order valence-corrected chi connectivity index (χ2v) is 16.4. The fraction of sp³-hybridized carbons (Fsp3) is 0.442. The van der Waals surface area contributed by atoms with Crippen LogP contribution in [-0.2, 0) is 11.3 Å². The molecule has 10 nitrogen and oxygen atoms in total. The summed E-state index contributed by atoms with van der Waals surface area (Å²) in [4.78, 5) is 34.5. The van der Waals surface area contributed by atoms with E-state index in [1.54, 1.807) is 6.20 Å². The molecule has 3 aromatic carbocycles. The Morgan fingerprint density at radius 2 is 1.63 bits per heavy atom. The Morgan fingerprint density at radius 1 is 0.907 bits per heavy atom. The van der Waals surface area contributed by atoms with E-state index in [9.17, 15) is 4.79 Å². The molecular formula is C43H47FN6O4. The predicted molar refractivity (Wildman–Crippen MR) is 206 cm³/mol. The van der Waals surface area contributed by atoms with Gasteiger partial charge in [0.1, 0.15) is 41.6 Å². The number of aromatic nitrogens is 3. The van der Waals surface area contributed by atoms with Crippen LogP contribution in [0.4, 0.5) is 15.0 Å². The first-order chi connectivity index (χ1) is 26.1. The number of amides is 1. The molecule has 4 aliphatic rings. The molecule has 5 aromatic rings. The Kier molecular flexibility index (Phi) is 8.79. The summed E-state index contributed by atoms with van der Waals surface area (Å²) in [7, 11) is 0. The summed E-state index contributed by atoms with van der Waals surface area (Å²) in [5, 5.41) is 2.29. The minimum absolute atomic E-state index is 0.0301. The van der Waals surface area contributed by atoms with Gasteiger partial charge in [0.25, 0.3) is 0 Å². The Balaban J connectivity index is 1.11. The van der Waals surface area contributed by atoms with E-state index in [1.165, 1.54) is 0 Å². The maximum atomic E-state index is 17.3. The summed E-state index contributed by atoms with van der Waals surface area (Å²) < 4.78 is 35.8. The number of hydrogen-bond donors (Lipinski definition) is 0. The first-order valence-electron chi connectivity index (χ1n) is 19.3. The maximum absolute atomic E-state index is 17.3. The zero-order valence-corrected chi connectivity index (χ0v) is 31.3. The molecule has 280 valence electrons. The Labute approximate surface area is 315 Å². The number of benzene rings is 3. The molecule has 2 atom stereocenters. The quantitative estimate of drug-likeness (QED) is 0.157. The number of anilines is 1. The van der Waals surface area contributed by atoms with Crippen molar-refractivity contribution in [1.82, 2.24) is 24.8 Å². The van der Waals surface area contributed by atoms with Crippen molar-refractivity contribution in [2.75, 3.05) is 37.7 Å². The van der Waals surface area contributed by atoms with Gasteiger partial charge in [0.15, 0.2) is 5.82 Å². The van der Waals surface area contributed by atoms with Crippen LogP contribution in [0, 0.1) is 5.82 Å². The van der Waals surface area contributed by atoms with E-state index in [0.29, 0.717) is 48.8 Å². The minimum atomic E-state index is -0.587. The predicted octanol–water partition coefficient (Wildman–Crippen LogP) is 8.16. The normalized spacial score (nSPS) is 20.8. The van der Waals surface area contributed by atoms with Gasteiger partial charge >= 0.3 is 12.1 Å². The molecule has 2 aromatic heterocycles. The fourth-order valence-corrected chi connectivity index (χ4v) is 9.17. The summed E-state index contributed by atoms with van der Waals surface area (Å²) in [5.41, 5.74) is 1.39. The van der Waals surface area contributed by atoms with Gasteiger partial charge in [0, 0.05) is 24.8 Å². The van der Waals surface area contributed by atoms with Crippen LogP contribution in [-0.4, -0.2) is 86.9 Å². The highest BCUT2D eigenvalue weighted by molar-refractivity contribution is 6.00. The van der Waals surface area contributed by atoms with Gasteiger partial charge in [0.05, 0.1) is 23.0 Å². The van der Waals surface area contributed by atoms with E-state index < -0.39 is 11.4 Å². The summed E-state index contributed by atoms with van der Waals surface area (Å²) in [6, 6.07) is 21.8. The molecule has 0 spiro atoms. The van der Waals surface area contributed by atoms with Crippen molar-refractivity contribution in [2.45, 2.75) is 89.1 Å². The highest BCUT2D eigenvalue weighted by Gasteiger charge is 2.46. The smallest absolute Gasteiger partial charge is 0.410 e. The first-order valence-corrected chi connectivity index (χ1v) is 19.3. The Hall–Kier alpha value is -5.03. The molecule has 11 heteroatoms. The average molecular weight is 731 g/mol. The van der Waals surface area contributed by atoms with Crippen LogP contribution in [0.5, 0.6) is 11.8 Å². The summed E-state index contributed by atoms with van der Waals surface area (Å²) >= 11 is 0. The molecule has 1 amide bonds. The minimum Gasteiger partial charge on any atom is -0.489 e. The van der Waals surface area contributed by atoms with E-state index in [2.05, 4.69) is 9.80 Å². The van der Waals surface area contributed by atoms with Crippen molar-refractivity contribution in [3.8, 4) is 23.0 Å². The lowest BCUT2D eigenvalue weighted by Crippen LogP contribution is -2.57. The van der Waals surface area contributed by atoms with Crippen molar-refractivity contribution < 1.29 is 23.4 Å². The molecule has 54 heavy (non-hydrogen) atoms. The van der Waals surface area contributed by atoms with Crippen molar-refractivity contribution >= 4 is 33.6 Å². The van der Waals surface area contributed by atoms with Gasteiger partial charge in [-0.25, -0.2) is 9.18 Å². The SMILES string of the molecule is CC(C)(C)OC(=O)N1C2CCC1CN(c1nc(OCC34CCCN3CCC4)nc3c(F)c(-c4cc(OCc5ccccc5)cc5ccccc45)ncc13)C2. The van der Waals surface area contributed by atoms with Crippen LogP contribution in [0.15, 0.2) is 72.9 Å². The number of ether oxygens (including phenoxy) is 3. The molecule has 4 fully saturated rings. The van der Waals surface area contributed by atoms with Gasteiger partial charge in [-0.15, -0.1) is 0 Å². The van der Waals surface area contributed by atoms with Crippen LogP contribution in [0.3, 0.4) is 0 Å². The van der Waals surface area contributed by atoms with Crippen LogP contribution in [0.1, 0.15) is 64.9 Å². The number of halogens is 1. The lowest BCUT2D eigenvalue weighted by molar-refractivity contribution is 0.0122. The molecule has 2 unspecified atom stereocenters. The summed E-state index contributed by atoms with van der Waals surface area (Å²) in [6.45, 7) is 9.72. The molecular weight excluding hydrogens is 684 g/mol. The van der Waals surface area contributed by atoms with Gasteiger partial charge in [-0.05, 0) is 101 Å². The van der Waals surface area contributed by atoms with Crippen molar-refractivity contribution in [1.29, 1.82) is 0 Å². The van der Waals surface area contributed by atoms with Gasteiger partial charge in [0.2, 0.25) is 0 Å². The van der Waals surface area contributed by atoms with Gasteiger partial charge in [-0.2, -0.15) is 9.97 Å². The lowest BCUT2D eigenvalue weighted by Gasteiger charge is -2.42. The van der Waals surface area contributed by atoms with Crippen LogP contribution < -0.4 is 14.4 Å². The number of carbonyl (C=O) groups excluding carboxylic acids is 1. The topological polar surface area (TPSA) is 93.2 Å². The van der Waals surface area contributed by atoms with E-state index in [-0.39, 0.29) is 40.9 Å². The van der Waals surface area contributed by atoms with Crippen molar-refractivity contribution in [2.24, 2.45) is 0 Å². The monoisotopic (exact) mass is 730 g/mol. The second kappa shape index (κ2) is 13.7.